The van der Waals surface area contributed by atoms with Gasteiger partial charge in [0.05, 0.1) is 5.54 Å². The number of rotatable bonds is 1. The minimum atomic E-state index is -0.469. The van der Waals surface area contributed by atoms with Gasteiger partial charge in [0.2, 0.25) is 0 Å². The van der Waals surface area contributed by atoms with Gasteiger partial charge in [0.15, 0.2) is 0 Å². The van der Waals surface area contributed by atoms with Crippen LogP contribution >= 0.6 is 0 Å². The summed E-state index contributed by atoms with van der Waals surface area (Å²) in [6, 6.07) is 0. The Labute approximate surface area is 113 Å². The molecule has 0 N–H and O–H groups in total. The first-order chi connectivity index (χ1) is 8.95. The second-order valence-electron chi connectivity index (χ2n) is 6.58. The van der Waals surface area contributed by atoms with E-state index in [2.05, 4.69) is 13.8 Å². The van der Waals surface area contributed by atoms with E-state index in [4.69, 9.17) is 4.74 Å². The Bertz CT molecular complexity index is 468. The topological polar surface area (TPSA) is 46.6 Å². The fraction of sp³-hybridized carbons (Fsp3) is 0.733. The van der Waals surface area contributed by atoms with Crippen LogP contribution in [0.25, 0.3) is 0 Å². The lowest BCUT2D eigenvalue weighted by Gasteiger charge is -2.49. The number of carbonyl (C=O) groups excluding carboxylic acids is 2. The van der Waals surface area contributed by atoms with Gasteiger partial charge in [0, 0.05) is 0 Å². The van der Waals surface area contributed by atoms with E-state index < -0.39 is 11.6 Å². The van der Waals surface area contributed by atoms with Gasteiger partial charge in [-0.25, -0.2) is 9.69 Å². The zero-order valence-electron chi connectivity index (χ0n) is 11.8. The Hall–Kier alpha value is -1.32. The first-order valence-electron chi connectivity index (χ1n) is 7.09. The summed E-state index contributed by atoms with van der Waals surface area (Å²) in [6.07, 6.45) is 6.11. The van der Waals surface area contributed by atoms with Gasteiger partial charge in [-0.2, -0.15) is 0 Å². The van der Waals surface area contributed by atoms with Crippen LogP contribution in [0.1, 0.15) is 40.0 Å². The van der Waals surface area contributed by atoms with Gasteiger partial charge in [0.25, 0.3) is 5.91 Å². The lowest BCUT2D eigenvalue weighted by atomic mass is 9.63. The van der Waals surface area contributed by atoms with Crippen LogP contribution in [0.4, 0.5) is 4.79 Å². The highest BCUT2D eigenvalue weighted by Gasteiger charge is 2.70. The molecule has 0 unspecified atom stereocenters. The second-order valence-corrected chi connectivity index (χ2v) is 6.58. The molecule has 0 aromatic heterocycles. The minimum Gasteiger partial charge on any atom is -0.447 e. The van der Waals surface area contributed by atoms with Crippen LogP contribution in [-0.2, 0) is 9.53 Å². The maximum Gasteiger partial charge on any atom is 0.417 e. The van der Waals surface area contributed by atoms with Crippen LogP contribution in [0, 0.1) is 17.3 Å². The molecule has 3 rings (SSSR count). The van der Waals surface area contributed by atoms with Crippen LogP contribution in [0.3, 0.4) is 0 Å². The Morgan fingerprint density at radius 3 is 2.63 bits per heavy atom. The molecule has 2 bridgehead atoms. The number of imide groups is 1. The molecular formula is C15H21NO3. The number of carbonyl (C=O) groups is 2. The Morgan fingerprint density at radius 2 is 2.05 bits per heavy atom. The van der Waals surface area contributed by atoms with Crippen molar-refractivity contribution in [1.29, 1.82) is 0 Å². The van der Waals surface area contributed by atoms with Crippen molar-refractivity contribution < 1.29 is 14.3 Å². The number of ether oxygens (including phenoxy) is 1. The molecule has 1 aliphatic heterocycles. The molecule has 4 heteroatoms. The zero-order valence-corrected chi connectivity index (χ0v) is 11.8. The number of hydrogen-bond donors (Lipinski definition) is 0. The summed E-state index contributed by atoms with van der Waals surface area (Å²) in [5, 5.41) is 0. The average Bonchev–Trinajstić information content (AvgIpc) is 2.97. The van der Waals surface area contributed by atoms with Gasteiger partial charge in [-0.05, 0) is 49.5 Å². The third-order valence-electron chi connectivity index (χ3n) is 5.77. The summed E-state index contributed by atoms with van der Waals surface area (Å²) in [4.78, 5) is 25.8. The number of hydrogen-bond acceptors (Lipinski definition) is 3. The van der Waals surface area contributed by atoms with Crippen molar-refractivity contribution in [3.05, 3.63) is 12.2 Å². The van der Waals surface area contributed by atoms with Crippen molar-refractivity contribution in [3.8, 4) is 0 Å². The number of fused-ring (bicyclic) bond motifs is 3. The summed E-state index contributed by atoms with van der Waals surface area (Å²) >= 11 is 0. The van der Waals surface area contributed by atoms with Crippen molar-refractivity contribution in [2.24, 2.45) is 17.3 Å². The Kier molecular flexibility index (Phi) is 2.57. The SMILES string of the molecule is C/C=C/C(=O)N1C(=O)OC[C@]12[C@H]1CC[C@H](C1)C2(C)C. The summed E-state index contributed by atoms with van der Waals surface area (Å²) in [5.41, 5.74) is -0.483. The van der Waals surface area contributed by atoms with E-state index in [1.807, 2.05) is 0 Å². The van der Waals surface area contributed by atoms with Gasteiger partial charge in [-0.15, -0.1) is 0 Å². The quantitative estimate of drug-likeness (QED) is 0.683. The molecule has 4 nitrogen and oxygen atoms in total. The molecule has 0 radical (unpaired) electrons. The van der Waals surface area contributed by atoms with E-state index in [0.717, 1.165) is 12.8 Å². The van der Waals surface area contributed by atoms with Gasteiger partial charge in [-0.3, -0.25) is 4.79 Å². The molecule has 1 saturated heterocycles. The third-order valence-corrected chi connectivity index (χ3v) is 5.77. The van der Waals surface area contributed by atoms with Crippen molar-refractivity contribution in [1.82, 2.24) is 4.90 Å². The highest BCUT2D eigenvalue weighted by atomic mass is 16.6. The fourth-order valence-electron chi connectivity index (χ4n) is 4.69. The van der Waals surface area contributed by atoms with Gasteiger partial charge in [-0.1, -0.05) is 19.9 Å². The molecule has 3 aliphatic rings. The summed E-state index contributed by atoms with van der Waals surface area (Å²) in [6.45, 7) is 6.53. The number of amides is 2. The van der Waals surface area contributed by atoms with Crippen LogP contribution in [-0.4, -0.2) is 29.0 Å². The molecule has 2 aliphatic carbocycles. The molecule has 1 spiro atoms. The van der Waals surface area contributed by atoms with Crippen molar-refractivity contribution in [2.45, 2.75) is 45.6 Å². The summed E-state index contributed by atoms with van der Waals surface area (Å²) in [5.74, 6) is 0.756. The molecular weight excluding hydrogens is 242 g/mol. The molecule has 0 aromatic rings. The predicted octanol–water partition coefficient (Wildman–Crippen LogP) is 2.74. The maximum absolute atomic E-state index is 12.3. The highest BCUT2D eigenvalue weighted by molar-refractivity contribution is 6.00. The smallest absolute Gasteiger partial charge is 0.417 e. The van der Waals surface area contributed by atoms with Gasteiger partial charge in [0.1, 0.15) is 6.61 Å². The predicted molar refractivity (Wildman–Crippen MR) is 70.4 cm³/mol. The fourth-order valence-corrected chi connectivity index (χ4v) is 4.69. The van der Waals surface area contributed by atoms with E-state index >= 15 is 0 Å². The van der Waals surface area contributed by atoms with Crippen LogP contribution in [0.5, 0.6) is 0 Å². The molecule has 2 amide bonds. The van der Waals surface area contributed by atoms with Crippen LogP contribution in [0.2, 0.25) is 0 Å². The first kappa shape index (κ1) is 12.7. The van der Waals surface area contributed by atoms with E-state index in [1.165, 1.54) is 17.4 Å². The Balaban J connectivity index is 2.07. The molecule has 19 heavy (non-hydrogen) atoms. The Morgan fingerprint density at radius 1 is 1.37 bits per heavy atom. The van der Waals surface area contributed by atoms with Crippen molar-refractivity contribution in [3.63, 3.8) is 0 Å². The summed E-state index contributed by atoms with van der Waals surface area (Å²) in [7, 11) is 0. The van der Waals surface area contributed by atoms with Crippen LogP contribution < -0.4 is 0 Å². The molecule has 0 aromatic carbocycles. The number of nitrogens with zero attached hydrogens (tertiary/aromatic N) is 1. The standard InChI is InChI=1S/C15H21NO3/c1-4-5-12(17)16-13(18)19-9-15(16)11-7-6-10(8-11)14(15,2)3/h4-5,10-11H,6-9H2,1-3H3/b5-4+/t10-,11+,15-/m1/s1. The van der Waals surface area contributed by atoms with Gasteiger partial charge < -0.3 is 4.74 Å². The molecule has 3 atom stereocenters. The van der Waals surface area contributed by atoms with E-state index in [9.17, 15) is 9.59 Å². The van der Waals surface area contributed by atoms with E-state index in [1.54, 1.807) is 13.0 Å². The summed E-state index contributed by atoms with van der Waals surface area (Å²) < 4.78 is 5.29. The molecule has 3 fully saturated rings. The minimum absolute atomic E-state index is 0.0562. The number of cyclic esters (lactones) is 1. The van der Waals surface area contributed by atoms with Gasteiger partial charge >= 0.3 is 6.09 Å². The van der Waals surface area contributed by atoms with Crippen molar-refractivity contribution >= 4 is 12.0 Å². The van der Waals surface area contributed by atoms with E-state index in [-0.39, 0.29) is 11.3 Å². The van der Waals surface area contributed by atoms with Crippen LogP contribution in [0.15, 0.2) is 12.2 Å². The normalized spacial score (nSPS) is 39.5. The number of allylic oxidation sites excluding steroid dienone is 1. The van der Waals surface area contributed by atoms with Crippen molar-refractivity contribution in [2.75, 3.05) is 6.61 Å². The highest BCUT2D eigenvalue weighted by Crippen LogP contribution is 2.65. The largest absolute Gasteiger partial charge is 0.447 e. The lowest BCUT2D eigenvalue weighted by Crippen LogP contribution is -2.62. The maximum atomic E-state index is 12.3. The first-order valence-corrected chi connectivity index (χ1v) is 7.09. The molecule has 2 saturated carbocycles. The second kappa shape index (κ2) is 3.84. The lowest BCUT2D eigenvalue weighted by molar-refractivity contribution is -0.132. The average molecular weight is 263 g/mol. The zero-order chi connectivity index (χ0) is 13.8. The van der Waals surface area contributed by atoms with E-state index in [0.29, 0.717) is 18.4 Å². The monoisotopic (exact) mass is 263 g/mol. The molecule has 1 heterocycles. The third kappa shape index (κ3) is 1.35. The molecule has 104 valence electrons.